The fraction of sp³-hybridized carbons (Fsp3) is 0.200. The number of likely N-dealkylation sites (N-methyl/N-ethyl adjacent to an activating group) is 1. The van der Waals surface area contributed by atoms with Gasteiger partial charge in [-0.3, -0.25) is 10.2 Å². The number of halogens is 1. The van der Waals surface area contributed by atoms with Gasteiger partial charge in [0, 0.05) is 47.0 Å². The number of nitrogens with zero attached hydrogens (tertiary/aromatic N) is 3. The third kappa shape index (κ3) is 5.57. The van der Waals surface area contributed by atoms with Crippen molar-refractivity contribution >= 4 is 28.7 Å². The average Bonchev–Trinajstić information content (AvgIpc) is 3.15. The van der Waals surface area contributed by atoms with E-state index in [-0.39, 0.29) is 29.4 Å². The molecule has 0 saturated carbocycles. The largest absolute Gasteiger partial charge is 0.421 e. The smallest absolute Gasteiger partial charge is 0.322 e. The molecule has 0 saturated heterocycles. The summed E-state index contributed by atoms with van der Waals surface area (Å²) in [6, 6.07) is 13.6. The third-order valence-electron chi connectivity index (χ3n) is 6.30. The van der Waals surface area contributed by atoms with Crippen molar-refractivity contribution in [3.8, 4) is 11.8 Å². The number of amidine groups is 1. The van der Waals surface area contributed by atoms with Crippen molar-refractivity contribution in [3.63, 3.8) is 0 Å². The van der Waals surface area contributed by atoms with Crippen LogP contribution in [0.1, 0.15) is 37.6 Å². The lowest BCUT2D eigenvalue weighted by atomic mass is 9.91. The van der Waals surface area contributed by atoms with Crippen LogP contribution in [0.2, 0.25) is 0 Å². The Morgan fingerprint density at radius 2 is 1.82 bits per heavy atom. The monoisotopic (exact) mass is 526 g/mol. The summed E-state index contributed by atoms with van der Waals surface area (Å²) in [5.41, 5.74) is 11.9. The number of nitrogens with two attached hydrogens (primary N) is 1. The van der Waals surface area contributed by atoms with E-state index >= 15 is 4.39 Å². The lowest BCUT2D eigenvalue weighted by molar-refractivity contribution is -0.112. The molecule has 1 aliphatic rings. The van der Waals surface area contributed by atoms with Crippen molar-refractivity contribution < 1.29 is 13.9 Å². The summed E-state index contributed by atoms with van der Waals surface area (Å²) in [7, 11) is 1.78. The van der Waals surface area contributed by atoms with Gasteiger partial charge in [0.15, 0.2) is 11.6 Å². The molecule has 9 heteroatoms. The molecule has 0 atom stereocenters. The Bertz CT molecular complexity index is 1540. The van der Waals surface area contributed by atoms with E-state index in [1.165, 1.54) is 12.1 Å². The number of ether oxygens (including phenoxy) is 1. The number of aryl methyl sites for hydroxylation is 1. The Morgan fingerprint density at radius 3 is 2.41 bits per heavy atom. The van der Waals surface area contributed by atoms with Crippen LogP contribution in [0.25, 0.3) is 11.3 Å². The number of anilines is 1. The summed E-state index contributed by atoms with van der Waals surface area (Å²) in [6.45, 7) is 11.0. The van der Waals surface area contributed by atoms with Crippen molar-refractivity contribution in [3.05, 3.63) is 101 Å². The highest BCUT2D eigenvalue weighted by Gasteiger charge is 2.34. The van der Waals surface area contributed by atoms with Crippen LogP contribution in [-0.2, 0) is 4.79 Å². The molecular formula is C30H31FN6O2. The van der Waals surface area contributed by atoms with Gasteiger partial charge in [-0.05, 0) is 61.2 Å². The van der Waals surface area contributed by atoms with Gasteiger partial charge in [0.05, 0.1) is 5.70 Å². The van der Waals surface area contributed by atoms with Crippen LogP contribution in [0, 0.1) is 24.1 Å². The number of rotatable bonds is 7. The molecule has 39 heavy (non-hydrogen) atoms. The second-order valence-corrected chi connectivity index (χ2v) is 9.66. The molecule has 1 amide bonds. The van der Waals surface area contributed by atoms with E-state index in [1.54, 1.807) is 56.3 Å². The van der Waals surface area contributed by atoms with Gasteiger partial charge >= 0.3 is 6.01 Å². The fourth-order valence-electron chi connectivity index (χ4n) is 4.13. The Hall–Kier alpha value is -4.79. The highest BCUT2D eigenvalue weighted by atomic mass is 19.1. The van der Waals surface area contributed by atoms with Gasteiger partial charge in [0.2, 0.25) is 0 Å². The molecule has 8 nitrogen and oxygen atoms in total. The minimum atomic E-state index is -0.606. The summed E-state index contributed by atoms with van der Waals surface area (Å²) in [4.78, 5) is 22.0. The zero-order valence-corrected chi connectivity index (χ0v) is 22.6. The van der Waals surface area contributed by atoms with Crippen molar-refractivity contribution in [2.45, 2.75) is 27.7 Å². The SMILES string of the molecule is C=C(C)C(=O)Nc1ccc(C2=C(c3ccc(Oc4nccc(C)n4)c(F)c3)/C(=C(\N)C(C)C)C(=N)N2C)cc1. The first-order valence-corrected chi connectivity index (χ1v) is 12.4. The average molecular weight is 527 g/mol. The molecule has 1 aromatic heterocycles. The maximum atomic E-state index is 15.4. The van der Waals surface area contributed by atoms with Crippen molar-refractivity contribution in [2.24, 2.45) is 11.7 Å². The second-order valence-electron chi connectivity index (χ2n) is 9.66. The van der Waals surface area contributed by atoms with Crippen LogP contribution < -0.4 is 15.8 Å². The predicted molar refractivity (Wildman–Crippen MR) is 151 cm³/mol. The normalized spacial score (nSPS) is 14.6. The van der Waals surface area contributed by atoms with E-state index < -0.39 is 5.82 Å². The molecule has 2 heterocycles. The molecular weight excluding hydrogens is 495 g/mol. The van der Waals surface area contributed by atoms with Gasteiger partial charge in [-0.1, -0.05) is 38.6 Å². The zero-order valence-electron chi connectivity index (χ0n) is 22.6. The van der Waals surface area contributed by atoms with E-state index in [0.29, 0.717) is 45.1 Å². The van der Waals surface area contributed by atoms with Gasteiger partial charge in [-0.2, -0.15) is 0 Å². The summed E-state index contributed by atoms with van der Waals surface area (Å²) < 4.78 is 21.0. The number of hydrogen-bond acceptors (Lipinski definition) is 6. The highest BCUT2D eigenvalue weighted by molar-refractivity contribution is 6.25. The predicted octanol–water partition coefficient (Wildman–Crippen LogP) is 5.89. The van der Waals surface area contributed by atoms with Crippen LogP contribution >= 0.6 is 0 Å². The Kier molecular flexibility index (Phi) is 7.62. The number of amides is 1. The van der Waals surface area contributed by atoms with E-state index in [2.05, 4.69) is 21.9 Å². The van der Waals surface area contributed by atoms with Crippen molar-refractivity contribution in [1.29, 1.82) is 5.41 Å². The molecule has 4 rings (SSSR count). The van der Waals surface area contributed by atoms with Crippen LogP contribution in [0.5, 0.6) is 11.8 Å². The van der Waals surface area contributed by atoms with Crippen LogP contribution in [-0.4, -0.2) is 33.7 Å². The number of hydrogen-bond donors (Lipinski definition) is 3. The standard InChI is InChI=1S/C30H31FN6O2/c1-16(2)26(32)25-24(20-9-12-23(22(31)15-20)39-30-34-14-13-18(5)35-30)27(37(6)28(25)33)19-7-10-21(11-8-19)36-29(38)17(3)4/h7-16,33H,3,32H2,1-2,4-6H3,(H,36,38)/b26-25+,33-28?. The lowest BCUT2D eigenvalue weighted by Crippen LogP contribution is -2.22. The maximum absolute atomic E-state index is 15.4. The van der Waals surface area contributed by atoms with Gasteiger partial charge < -0.3 is 20.7 Å². The summed E-state index contributed by atoms with van der Waals surface area (Å²) in [6.07, 6.45) is 1.54. The topological polar surface area (TPSA) is 117 Å². The van der Waals surface area contributed by atoms with Gasteiger partial charge in [0.25, 0.3) is 5.91 Å². The number of carbonyl (C=O) groups is 1. The van der Waals surface area contributed by atoms with Crippen molar-refractivity contribution in [1.82, 2.24) is 14.9 Å². The second kappa shape index (κ2) is 10.9. The van der Waals surface area contributed by atoms with Gasteiger partial charge in [0.1, 0.15) is 5.84 Å². The van der Waals surface area contributed by atoms with Crippen LogP contribution in [0.4, 0.5) is 10.1 Å². The Morgan fingerprint density at radius 1 is 1.15 bits per heavy atom. The molecule has 0 radical (unpaired) electrons. The number of carbonyl (C=O) groups excluding carboxylic acids is 1. The number of nitrogens with one attached hydrogen (secondary N) is 2. The molecule has 3 aromatic rings. The Balaban J connectivity index is 1.83. The summed E-state index contributed by atoms with van der Waals surface area (Å²) >= 11 is 0. The summed E-state index contributed by atoms with van der Waals surface area (Å²) in [5, 5.41) is 11.7. The van der Waals surface area contributed by atoms with Gasteiger partial charge in [-0.25, -0.2) is 14.4 Å². The molecule has 0 bridgehead atoms. The minimum absolute atomic E-state index is 0.0205. The van der Waals surface area contributed by atoms with E-state index in [4.69, 9.17) is 15.9 Å². The Labute approximate surface area is 227 Å². The highest BCUT2D eigenvalue weighted by Crippen LogP contribution is 2.43. The molecule has 1 aliphatic heterocycles. The molecule has 0 spiro atoms. The van der Waals surface area contributed by atoms with Crippen LogP contribution in [0.3, 0.4) is 0 Å². The molecule has 2 aromatic carbocycles. The molecule has 0 unspecified atom stereocenters. The third-order valence-corrected chi connectivity index (χ3v) is 6.30. The maximum Gasteiger partial charge on any atom is 0.322 e. The molecule has 200 valence electrons. The molecule has 4 N–H and O–H groups in total. The minimum Gasteiger partial charge on any atom is -0.421 e. The molecule has 0 aliphatic carbocycles. The number of benzene rings is 2. The lowest BCUT2D eigenvalue weighted by Gasteiger charge is -2.17. The fourth-order valence-corrected chi connectivity index (χ4v) is 4.13. The quantitative estimate of drug-likeness (QED) is 0.331. The summed E-state index contributed by atoms with van der Waals surface area (Å²) in [5.74, 6) is -0.738. The van der Waals surface area contributed by atoms with Gasteiger partial charge in [-0.15, -0.1) is 0 Å². The molecule has 0 fully saturated rings. The van der Waals surface area contributed by atoms with E-state index in [0.717, 1.165) is 5.56 Å². The zero-order chi connectivity index (χ0) is 28.4. The first-order valence-electron chi connectivity index (χ1n) is 12.4. The first kappa shape index (κ1) is 27.3. The number of aromatic nitrogens is 2. The first-order chi connectivity index (χ1) is 18.5. The van der Waals surface area contributed by atoms with Crippen LogP contribution in [0.15, 0.2) is 78.1 Å². The van der Waals surface area contributed by atoms with E-state index in [1.807, 2.05) is 26.0 Å². The van der Waals surface area contributed by atoms with E-state index in [9.17, 15) is 4.79 Å². The number of allylic oxidation sites excluding steroid dienone is 1. The van der Waals surface area contributed by atoms with Crippen molar-refractivity contribution in [2.75, 3.05) is 12.4 Å².